The third-order valence-electron chi connectivity index (χ3n) is 2.75. The Bertz CT molecular complexity index is 386. The van der Waals surface area contributed by atoms with E-state index in [1.807, 2.05) is 37.3 Å². The molecule has 16 heavy (non-hydrogen) atoms. The maximum absolute atomic E-state index is 10.6. The standard InChI is InChI=1S/C14H17NO/c1-4-5-6-8-13-9-7-10-14(11(13)2)12(3)15-16/h4-12H,1H2,2-3H3/b6-5-,13-8-. The summed E-state index contributed by atoms with van der Waals surface area (Å²) < 4.78 is 0. The fourth-order valence-corrected chi connectivity index (χ4v) is 1.76. The molecule has 0 amide bonds. The van der Waals surface area contributed by atoms with Crippen molar-refractivity contribution in [1.82, 2.24) is 0 Å². The predicted octanol–water partition coefficient (Wildman–Crippen LogP) is 3.94. The lowest BCUT2D eigenvalue weighted by Crippen LogP contribution is -2.14. The van der Waals surface area contributed by atoms with E-state index in [0.717, 1.165) is 5.57 Å². The van der Waals surface area contributed by atoms with Crippen molar-refractivity contribution < 1.29 is 0 Å². The van der Waals surface area contributed by atoms with Gasteiger partial charge in [-0.05, 0) is 18.1 Å². The van der Waals surface area contributed by atoms with E-state index in [1.54, 1.807) is 6.08 Å². The Hall–Kier alpha value is -1.70. The molecule has 0 bridgehead atoms. The molecule has 0 aromatic carbocycles. The van der Waals surface area contributed by atoms with Gasteiger partial charge in [0, 0.05) is 5.92 Å². The Labute approximate surface area is 96.7 Å². The zero-order chi connectivity index (χ0) is 12.0. The summed E-state index contributed by atoms with van der Waals surface area (Å²) in [5.74, 6) is 0.243. The molecule has 0 saturated heterocycles. The molecule has 0 aromatic rings. The van der Waals surface area contributed by atoms with Gasteiger partial charge < -0.3 is 0 Å². The van der Waals surface area contributed by atoms with Gasteiger partial charge in [-0.15, -0.1) is 0 Å². The fraction of sp³-hybridized carbons (Fsp3) is 0.286. The molecule has 0 heterocycles. The number of rotatable bonds is 4. The average molecular weight is 215 g/mol. The minimum atomic E-state index is -0.258. The summed E-state index contributed by atoms with van der Waals surface area (Å²) in [6, 6.07) is -0.258. The predicted molar refractivity (Wildman–Crippen MR) is 69.1 cm³/mol. The number of hydrogen-bond acceptors (Lipinski definition) is 2. The molecular weight excluding hydrogens is 198 g/mol. The van der Waals surface area contributed by atoms with Gasteiger partial charge in [0.2, 0.25) is 0 Å². The van der Waals surface area contributed by atoms with E-state index in [1.165, 1.54) is 5.57 Å². The number of allylic oxidation sites excluding steroid dienone is 8. The Balaban J connectivity index is 2.89. The van der Waals surface area contributed by atoms with Gasteiger partial charge in [-0.2, -0.15) is 4.91 Å². The van der Waals surface area contributed by atoms with Crippen LogP contribution in [0, 0.1) is 10.8 Å². The van der Waals surface area contributed by atoms with E-state index < -0.39 is 0 Å². The molecule has 0 fully saturated rings. The second-order valence-corrected chi connectivity index (χ2v) is 3.82. The first-order chi connectivity index (χ1) is 7.70. The van der Waals surface area contributed by atoms with E-state index in [0.29, 0.717) is 0 Å². The molecule has 2 heteroatoms. The van der Waals surface area contributed by atoms with Crippen molar-refractivity contribution >= 4 is 0 Å². The first kappa shape index (κ1) is 12.4. The van der Waals surface area contributed by atoms with Gasteiger partial charge in [-0.3, -0.25) is 0 Å². The minimum Gasteiger partial charge on any atom is -0.150 e. The molecule has 1 aliphatic rings. The molecule has 1 aliphatic carbocycles. The van der Waals surface area contributed by atoms with Crippen LogP contribution in [0.1, 0.15) is 13.8 Å². The normalized spacial score (nSPS) is 24.5. The monoisotopic (exact) mass is 215 g/mol. The zero-order valence-corrected chi connectivity index (χ0v) is 9.76. The van der Waals surface area contributed by atoms with Crippen LogP contribution in [-0.2, 0) is 0 Å². The molecule has 0 N–H and O–H groups in total. The molecule has 2 atom stereocenters. The first-order valence-electron chi connectivity index (χ1n) is 5.40. The van der Waals surface area contributed by atoms with Gasteiger partial charge in [0.15, 0.2) is 0 Å². The lowest BCUT2D eigenvalue weighted by molar-refractivity contribution is 0.700. The highest BCUT2D eigenvalue weighted by atomic mass is 16.3. The second-order valence-electron chi connectivity index (χ2n) is 3.82. The SMILES string of the molecule is C=C/C=C\C=C1\C=CC=C(C(C)N=O)C1C. The summed E-state index contributed by atoms with van der Waals surface area (Å²) in [6.07, 6.45) is 13.6. The van der Waals surface area contributed by atoms with Crippen LogP contribution in [0.5, 0.6) is 0 Å². The summed E-state index contributed by atoms with van der Waals surface area (Å²) in [5, 5.41) is 3.08. The maximum atomic E-state index is 10.6. The van der Waals surface area contributed by atoms with E-state index in [9.17, 15) is 4.91 Å². The molecule has 0 radical (unpaired) electrons. The van der Waals surface area contributed by atoms with E-state index >= 15 is 0 Å². The summed E-state index contributed by atoms with van der Waals surface area (Å²) in [5.41, 5.74) is 2.25. The topological polar surface area (TPSA) is 29.4 Å². The average Bonchev–Trinajstić information content (AvgIpc) is 2.30. The van der Waals surface area contributed by atoms with Crippen LogP contribution in [0.4, 0.5) is 0 Å². The first-order valence-corrected chi connectivity index (χ1v) is 5.40. The fourth-order valence-electron chi connectivity index (χ4n) is 1.76. The Kier molecular flexibility index (Phi) is 4.65. The highest BCUT2D eigenvalue weighted by molar-refractivity contribution is 5.41. The van der Waals surface area contributed by atoms with Crippen molar-refractivity contribution in [2.75, 3.05) is 0 Å². The third kappa shape index (κ3) is 2.89. The zero-order valence-electron chi connectivity index (χ0n) is 9.76. The molecule has 0 aliphatic heterocycles. The van der Waals surface area contributed by atoms with Crippen LogP contribution in [0.2, 0.25) is 0 Å². The van der Waals surface area contributed by atoms with Crippen molar-refractivity contribution in [2.45, 2.75) is 19.9 Å². The molecule has 1 rings (SSSR count). The van der Waals surface area contributed by atoms with Gasteiger partial charge in [0.05, 0.1) is 0 Å². The van der Waals surface area contributed by atoms with Crippen molar-refractivity contribution in [1.29, 1.82) is 0 Å². The summed E-state index contributed by atoms with van der Waals surface area (Å²) in [7, 11) is 0. The van der Waals surface area contributed by atoms with Crippen LogP contribution in [0.25, 0.3) is 0 Å². The summed E-state index contributed by atoms with van der Waals surface area (Å²) >= 11 is 0. The highest BCUT2D eigenvalue weighted by Crippen LogP contribution is 2.28. The quantitative estimate of drug-likeness (QED) is 0.516. The van der Waals surface area contributed by atoms with E-state index in [2.05, 4.69) is 24.8 Å². The molecular formula is C14H17NO. The number of nitrogens with zero attached hydrogens (tertiary/aromatic N) is 1. The number of nitroso groups, excluding NO2 is 1. The van der Waals surface area contributed by atoms with E-state index in [4.69, 9.17) is 0 Å². The van der Waals surface area contributed by atoms with Crippen LogP contribution in [-0.4, -0.2) is 6.04 Å². The van der Waals surface area contributed by atoms with Crippen LogP contribution in [0.15, 0.2) is 65.4 Å². The molecule has 0 spiro atoms. The van der Waals surface area contributed by atoms with Crippen molar-refractivity contribution in [3.8, 4) is 0 Å². The summed E-state index contributed by atoms with van der Waals surface area (Å²) in [4.78, 5) is 10.6. The second kappa shape index (κ2) is 6.01. The Morgan fingerprint density at radius 1 is 1.50 bits per heavy atom. The maximum Gasteiger partial charge on any atom is 0.111 e. The van der Waals surface area contributed by atoms with Gasteiger partial charge in [0.25, 0.3) is 0 Å². The molecule has 84 valence electrons. The number of hydrogen-bond donors (Lipinski definition) is 0. The smallest absolute Gasteiger partial charge is 0.111 e. The van der Waals surface area contributed by atoms with Crippen molar-refractivity contribution in [2.24, 2.45) is 11.1 Å². The van der Waals surface area contributed by atoms with Gasteiger partial charge in [-0.1, -0.05) is 61.2 Å². The van der Waals surface area contributed by atoms with Crippen LogP contribution >= 0.6 is 0 Å². The summed E-state index contributed by atoms with van der Waals surface area (Å²) in [6.45, 7) is 7.53. The van der Waals surface area contributed by atoms with Crippen molar-refractivity contribution in [3.05, 3.63) is 65.2 Å². The van der Waals surface area contributed by atoms with Gasteiger partial charge in [0.1, 0.15) is 6.04 Å². The lowest BCUT2D eigenvalue weighted by Gasteiger charge is -2.21. The van der Waals surface area contributed by atoms with Gasteiger partial charge >= 0.3 is 0 Å². The van der Waals surface area contributed by atoms with Crippen LogP contribution < -0.4 is 0 Å². The molecule has 2 nitrogen and oxygen atoms in total. The third-order valence-corrected chi connectivity index (χ3v) is 2.75. The van der Waals surface area contributed by atoms with Crippen LogP contribution in [0.3, 0.4) is 0 Å². The largest absolute Gasteiger partial charge is 0.150 e. The highest BCUT2D eigenvalue weighted by Gasteiger charge is 2.19. The van der Waals surface area contributed by atoms with Gasteiger partial charge in [-0.25, -0.2) is 0 Å². The Morgan fingerprint density at radius 2 is 2.25 bits per heavy atom. The lowest BCUT2D eigenvalue weighted by atomic mass is 9.85. The van der Waals surface area contributed by atoms with E-state index in [-0.39, 0.29) is 12.0 Å². The Morgan fingerprint density at radius 3 is 2.88 bits per heavy atom. The molecule has 2 unspecified atom stereocenters. The molecule has 0 saturated carbocycles. The minimum absolute atomic E-state index is 0.243. The molecule has 0 aromatic heterocycles. The van der Waals surface area contributed by atoms with Crippen molar-refractivity contribution in [3.63, 3.8) is 0 Å².